The summed E-state index contributed by atoms with van der Waals surface area (Å²) in [5, 5.41) is 24.0. The van der Waals surface area contributed by atoms with Gasteiger partial charge in [-0.1, -0.05) is 64.8 Å². The normalized spacial score (nSPS) is 12.0. The Labute approximate surface area is 233 Å². The Morgan fingerprint density at radius 3 is 2.58 bits per heavy atom. The minimum atomic E-state index is -0.517. The molecule has 0 radical (unpaired) electrons. The summed E-state index contributed by atoms with van der Waals surface area (Å²) < 4.78 is 1.82. The van der Waals surface area contributed by atoms with Gasteiger partial charge in [-0.3, -0.25) is 19.5 Å². The molecule has 1 amide bonds. The maximum Gasteiger partial charge on any atom is 0.269 e. The van der Waals surface area contributed by atoms with Crippen molar-refractivity contribution in [1.29, 1.82) is 0 Å². The Balaban J connectivity index is 1.56. The van der Waals surface area contributed by atoms with Gasteiger partial charge < -0.3 is 5.32 Å². The van der Waals surface area contributed by atoms with Gasteiger partial charge in [0.25, 0.3) is 5.69 Å². The van der Waals surface area contributed by atoms with Crippen molar-refractivity contribution in [2.45, 2.75) is 30.8 Å². The molecule has 1 atom stereocenters. The van der Waals surface area contributed by atoms with Crippen molar-refractivity contribution in [2.75, 3.05) is 0 Å². The number of nitrogens with zero attached hydrogens (tertiary/aromatic N) is 4. The molecule has 1 N–H and O–H groups in total. The van der Waals surface area contributed by atoms with Gasteiger partial charge in [0.2, 0.25) is 5.91 Å². The van der Waals surface area contributed by atoms with Crippen LogP contribution in [0.1, 0.15) is 35.5 Å². The lowest BCUT2D eigenvalue weighted by Crippen LogP contribution is -2.27. The van der Waals surface area contributed by atoms with Gasteiger partial charge in [0.1, 0.15) is 0 Å². The highest BCUT2D eigenvalue weighted by Crippen LogP contribution is 2.32. The Kier molecular flexibility index (Phi) is 8.83. The molecular formula is C27H23Cl2N5O3S. The van der Waals surface area contributed by atoms with Crippen molar-refractivity contribution in [2.24, 2.45) is 0 Å². The first-order valence-corrected chi connectivity index (χ1v) is 13.3. The van der Waals surface area contributed by atoms with Gasteiger partial charge >= 0.3 is 0 Å². The van der Waals surface area contributed by atoms with Crippen LogP contribution in [0, 0.1) is 17.0 Å². The number of halogens is 2. The van der Waals surface area contributed by atoms with Crippen LogP contribution in [0.5, 0.6) is 0 Å². The topological polar surface area (TPSA) is 103 Å². The molecule has 3 aromatic carbocycles. The molecule has 0 fully saturated rings. The highest BCUT2D eigenvalue weighted by Gasteiger charge is 2.22. The molecule has 4 aromatic rings. The summed E-state index contributed by atoms with van der Waals surface area (Å²) in [7, 11) is 0. The Morgan fingerprint density at radius 2 is 1.89 bits per heavy atom. The van der Waals surface area contributed by atoms with Crippen LogP contribution in [0.3, 0.4) is 0 Å². The van der Waals surface area contributed by atoms with E-state index in [1.54, 1.807) is 43.3 Å². The molecule has 1 unspecified atom stereocenters. The lowest BCUT2D eigenvalue weighted by Gasteiger charge is -2.16. The number of nitrogens with one attached hydrogen (secondary N) is 1. The first kappa shape index (κ1) is 27.4. The highest BCUT2D eigenvalue weighted by molar-refractivity contribution is 7.98. The smallest absolute Gasteiger partial charge is 0.269 e. The number of aromatic nitrogens is 3. The number of benzene rings is 3. The molecular weight excluding hydrogens is 545 g/mol. The quantitative estimate of drug-likeness (QED) is 0.101. The van der Waals surface area contributed by atoms with Crippen molar-refractivity contribution in [3.63, 3.8) is 0 Å². The summed E-state index contributed by atoms with van der Waals surface area (Å²) in [6, 6.07) is 18.8. The SMILES string of the molecule is Cc1cccc(CSc2nnc(C(C)NC(=O)/C=C/c3ccc([N+](=O)[O-])cc3)n2-c2ccc(Cl)cc2Cl)c1. The Hall–Kier alpha value is -3.66. The van der Waals surface area contributed by atoms with E-state index in [9.17, 15) is 14.9 Å². The van der Waals surface area contributed by atoms with Crippen LogP contribution in [0.15, 0.2) is 78.0 Å². The van der Waals surface area contributed by atoms with Gasteiger partial charge in [0.05, 0.1) is 21.7 Å². The molecule has 8 nitrogen and oxygen atoms in total. The number of carbonyl (C=O) groups excluding carboxylic acids is 1. The number of nitro groups is 1. The van der Waals surface area contributed by atoms with Crippen molar-refractivity contribution in [3.8, 4) is 5.69 Å². The Bertz CT molecular complexity index is 1510. The van der Waals surface area contributed by atoms with Crippen LogP contribution in [0.2, 0.25) is 10.0 Å². The fraction of sp³-hybridized carbons (Fsp3) is 0.148. The number of thioether (sulfide) groups is 1. The molecule has 0 saturated heterocycles. The van der Waals surface area contributed by atoms with E-state index in [-0.39, 0.29) is 11.6 Å². The van der Waals surface area contributed by atoms with Crippen LogP contribution in [0.4, 0.5) is 5.69 Å². The first-order chi connectivity index (χ1) is 18.2. The zero-order chi connectivity index (χ0) is 27.2. The second-order valence-electron chi connectivity index (χ2n) is 8.46. The zero-order valence-electron chi connectivity index (χ0n) is 20.5. The van der Waals surface area contributed by atoms with Gasteiger partial charge in [-0.15, -0.1) is 10.2 Å². The molecule has 0 aliphatic rings. The van der Waals surface area contributed by atoms with Gasteiger partial charge in [-0.25, -0.2) is 0 Å². The maximum absolute atomic E-state index is 12.7. The Morgan fingerprint density at radius 1 is 1.13 bits per heavy atom. The van der Waals surface area contributed by atoms with Crippen LogP contribution >= 0.6 is 35.0 Å². The first-order valence-electron chi connectivity index (χ1n) is 11.5. The summed E-state index contributed by atoms with van der Waals surface area (Å²) >= 11 is 14.2. The van der Waals surface area contributed by atoms with E-state index in [4.69, 9.17) is 23.2 Å². The average molecular weight is 568 g/mol. The summed E-state index contributed by atoms with van der Waals surface area (Å²) in [4.78, 5) is 23.0. The number of amides is 1. The predicted octanol–water partition coefficient (Wildman–Crippen LogP) is 6.97. The molecule has 4 rings (SSSR count). The minimum Gasteiger partial charge on any atom is -0.343 e. The fourth-order valence-electron chi connectivity index (χ4n) is 3.70. The summed E-state index contributed by atoms with van der Waals surface area (Å²) in [5.41, 5.74) is 3.60. The molecule has 0 aliphatic carbocycles. The predicted molar refractivity (Wildman–Crippen MR) is 151 cm³/mol. The molecule has 1 aromatic heterocycles. The third kappa shape index (κ3) is 6.80. The molecule has 0 saturated carbocycles. The second-order valence-corrected chi connectivity index (χ2v) is 10.2. The molecule has 0 aliphatic heterocycles. The van der Waals surface area contributed by atoms with Crippen molar-refractivity contribution >= 4 is 52.6 Å². The summed E-state index contributed by atoms with van der Waals surface area (Å²) in [6.45, 7) is 3.85. The minimum absolute atomic E-state index is 0.0171. The van der Waals surface area contributed by atoms with Crippen LogP contribution < -0.4 is 5.32 Å². The standard InChI is InChI=1S/C27H23Cl2N5O3S/c1-17-4-3-5-20(14-17)16-38-27-32-31-26(33(27)24-12-9-21(28)15-23(24)29)18(2)30-25(35)13-8-19-6-10-22(11-7-19)34(36)37/h3-15,18H,16H2,1-2H3,(H,30,35)/b13-8+. The zero-order valence-corrected chi connectivity index (χ0v) is 22.8. The van der Waals surface area contributed by atoms with Crippen molar-refractivity contribution in [3.05, 3.63) is 115 Å². The summed E-state index contributed by atoms with van der Waals surface area (Å²) in [6.07, 6.45) is 2.94. The van der Waals surface area contributed by atoms with E-state index >= 15 is 0 Å². The lowest BCUT2D eigenvalue weighted by atomic mass is 10.2. The molecule has 0 bridgehead atoms. The number of nitro benzene ring substituents is 1. The number of rotatable bonds is 9. The summed E-state index contributed by atoms with van der Waals surface area (Å²) in [5.74, 6) is 0.809. The van der Waals surface area contributed by atoms with E-state index in [2.05, 4.69) is 27.6 Å². The third-order valence-electron chi connectivity index (χ3n) is 5.54. The largest absolute Gasteiger partial charge is 0.343 e. The lowest BCUT2D eigenvalue weighted by molar-refractivity contribution is -0.384. The second kappa shape index (κ2) is 12.3. The van der Waals surface area contributed by atoms with Crippen molar-refractivity contribution < 1.29 is 9.72 Å². The number of hydrogen-bond acceptors (Lipinski definition) is 6. The van der Waals surface area contributed by atoms with Crippen molar-refractivity contribution in [1.82, 2.24) is 20.1 Å². The molecule has 11 heteroatoms. The fourth-order valence-corrected chi connectivity index (χ4v) is 5.09. The van der Waals surface area contributed by atoms with E-state index in [0.717, 1.165) is 5.56 Å². The number of carbonyl (C=O) groups is 1. The van der Waals surface area contributed by atoms with E-state index in [1.807, 2.05) is 23.6 Å². The van der Waals surface area contributed by atoms with E-state index < -0.39 is 11.0 Å². The molecule has 38 heavy (non-hydrogen) atoms. The number of non-ortho nitro benzene ring substituents is 1. The van der Waals surface area contributed by atoms with Gasteiger partial charge in [0, 0.05) is 29.0 Å². The van der Waals surface area contributed by atoms with Crippen LogP contribution in [-0.4, -0.2) is 25.6 Å². The van der Waals surface area contributed by atoms with E-state index in [1.165, 1.54) is 35.5 Å². The number of aryl methyl sites for hydroxylation is 1. The molecule has 194 valence electrons. The monoisotopic (exact) mass is 567 g/mol. The van der Waals surface area contributed by atoms with Gasteiger partial charge in [-0.05, 0) is 61.4 Å². The molecule has 1 heterocycles. The maximum atomic E-state index is 12.7. The third-order valence-corrected chi connectivity index (χ3v) is 7.07. The molecule has 0 spiro atoms. The number of hydrogen-bond donors (Lipinski definition) is 1. The van der Waals surface area contributed by atoms with Gasteiger partial charge in [0.15, 0.2) is 11.0 Å². The van der Waals surface area contributed by atoms with E-state index in [0.29, 0.717) is 38.0 Å². The van der Waals surface area contributed by atoms with Crippen LogP contribution in [0.25, 0.3) is 11.8 Å². The van der Waals surface area contributed by atoms with Gasteiger partial charge in [-0.2, -0.15) is 0 Å². The average Bonchev–Trinajstić information content (AvgIpc) is 3.30. The van der Waals surface area contributed by atoms with Crippen LogP contribution in [-0.2, 0) is 10.5 Å². The highest BCUT2D eigenvalue weighted by atomic mass is 35.5.